The molecule has 0 radical (unpaired) electrons. The summed E-state index contributed by atoms with van der Waals surface area (Å²) in [6, 6.07) is 0. The number of nitrogens with two attached hydrogens (primary N) is 1. The van der Waals surface area contributed by atoms with E-state index >= 15 is 0 Å². The molecule has 11 heavy (non-hydrogen) atoms. The molecule has 1 unspecified atom stereocenters. The van der Waals surface area contributed by atoms with Crippen LogP contribution in [0.3, 0.4) is 0 Å². The topological polar surface area (TPSA) is 75.3 Å². The lowest BCUT2D eigenvalue weighted by Crippen LogP contribution is -2.36. The lowest BCUT2D eigenvalue weighted by Gasteiger charge is -2.11. The molecule has 0 aromatic carbocycles. The van der Waals surface area contributed by atoms with Gasteiger partial charge < -0.3 is 4.89 Å². The second-order valence-corrected chi connectivity index (χ2v) is 4.70. The summed E-state index contributed by atoms with van der Waals surface area (Å²) >= 11 is 3.94. The van der Waals surface area contributed by atoms with Crippen molar-refractivity contribution in [3.05, 3.63) is 0 Å². The van der Waals surface area contributed by atoms with Crippen molar-refractivity contribution >= 4 is 24.3 Å². The van der Waals surface area contributed by atoms with Gasteiger partial charge in [0.05, 0.1) is 0 Å². The number of carbonyl (C=O) groups excluding carboxylic acids is 1. The molecule has 0 saturated heterocycles. The summed E-state index contributed by atoms with van der Waals surface area (Å²) in [6.07, 6.45) is -5.06. The number of halogens is 3. The van der Waals surface area contributed by atoms with Crippen molar-refractivity contribution in [1.82, 2.24) is 5.09 Å². The normalized spacial score (nSPS) is 17.2. The Hall–Kier alpha value is -0.170. The predicted molar refractivity (Wildman–Crippen MR) is 34.9 cm³/mol. The van der Waals surface area contributed by atoms with Gasteiger partial charge in [-0.05, 0) is 11.8 Å². The van der Waals surface area contributed by atoms with Gasteiger partial charge in [-0.3, -0.25) is 15.4 Å². The first-order chi connectivity index (χ1) is 4.63. The summed E-state index contributed by atoms with van der Waals surface area (Å²) in [4.78, 5) is 18.4. The van der Waals surface area contributed by atoms with Crippen LogP contribution in [0.15, 0.2) is 0 Å². The number of hydrogen-bond donors (Lipinski definition) is 3. The molecule has 9 heteroatoms. The zero-order valence-corrected chi connectivity index (χ0v) is 6.63. The summed E-state index contributed by atoms with van der Waals surface area (Å²) in [5.74, 6) is -2.33. The van der Waals surface area contributed by atoms with Gasteiger partial charge in [-0.15, -0.1) is 0 Å². The highest BCUT2D eigenvalue weighted by molar-refractivity contribution is 8.10. The zero-order chi connectivity index (χ0) is 9.28. The second kappa shape index (κ2) is 3.06. The van der Waals surface area contributed by atoms with E-state index in [1.54, 1.807) is 0 Å². The third kappa shape index (κ3) is 5.14. The molecule has 0 spiro atoms. The average Bonchev–Trinajstić information content (AvgIpc) is 1.56. The maximum Gasteiger partial charge on any atom is 0.471 e. The van der Waals surface area contributed by atoms with Gasteiger partial charge in [0, 0.05) is 0 Å². The summed E-state index contributed by atoms with van der Waals surface area (Å²) < 4.78 is 34.1. The Morgan fingerprint density at radius 3 is 2.09 bits per heavy atom. The van der Waals surface area contributed by atoms with Crippen LogP contribution in [0.1, 0.15) is 0 Å². The Labute approximate surface area is 64.8 Å². The van der Waals surface area contributed by atoms with Crippen molar-refractivity contribution in [2.24, 2.45) is 5.50 Å². The largest absolute Gasteiger partial charge is 0.471 e. The van der Waals surface area contributed by atoms with Gasteiger partial charge in [-0.25, -0.2) is 0 Å². The summed E-state index contributed by atoms with van der Waals surface area (Å²) in [5, 5.41) is 1.05. The summed E-state index contributed by atoms with van der Waals surface area (Å²) in [7, 11) is 0. The highest BCUT2D eigenvalue weighted by Gasteiger charge is 2.40. The molecule has 1 atom stereocenters. The molecule has 0 aliphatic carbocycles. The van der Waals surface area contributed by atoms with E-state index in [2.05, 4.69) is 17.3 Å². The monoisotopic (exact) mass is 208 g/mol. The van der Waals surface area contributed by atoms with Crippen LogP contribution in [0.25, 0.3) is 0 Å². The van der Waals surface area contributed by atoms with Crippen molar-refractivity contribution in [3.63, 3.8) is 0 Å². The molecule has 0 heterocycles. The first kappa shape index (κ1) is 10.8. The molecule has 4 nitrogen and oxygen atoms in total. The number of nitrogens with one attached hydrogen (secondary N) is 1. The Morgan fingerprint density at radius 1 is 1.64 bits per heavy atom. The fourth-order valence-electron chi connectivity index (χ4n) is 0.209. The van der Waals surface area contributed by atoms with E-state index in [1.807, 2.05) is 0 Å². The van der Waals surface area contributed by atoms with E-state index in [-0.39, 0.29) is 0 Å². The van der Waals surface area contributed by atoms with E-state index < -0.39 is 18.6 Å². The fraction of sp³-hybridized carbons (Fsp3) is 0.500. The van der Waals surface area contributed by atoms with Crippen LogP contribution in [0.5, 0.6) is 0 Å². The van der Waals surface area contributed by atoms with Gasteiger partial charge in [-0.1, -0.05) is 0 Å². The Bertz CT molecular complexity index is 210. The quantitative estimate of drug-likeness (QED) is 0.523. The molecule has 66 valence electrons. The van der Waals surface area contributed by atoms with Crippen LogP contribution in [0, 0.1) is 0 Å². The van der Waals surface area contributed by atoms with Gasteiger partial charge in [-0.2, -0.15) is 13.2 Å². The fourth-order valence-corrected chi connectivity index (χ4v) is 0.875. The van der Waals surface area contributed by atoms with E-state index in [9.17, 15) is 18.0 Å². The van der Waals surface area contributed by atoms with Crippen molar-refractivity contribution in [2.45, 2.75) is 6.18 Å². The number of carbonyl (C=O) groups is 1. The Balaban J connectivity index is 4.23. The molecular formula is C2H4F3N2O2PS. The first-order valence-corrected chi connectivity index (χ1v) is 4.96. The summed E-state index contributed by atoms with van der Waals surface area (Å²) in [6.45, 7) is -3.80. The molecule has 0 aromatic heterocycles. The molecule has 0 rings (SSSR count). The third-order valence-electron chi connectivity index (χ3n) is 0.519. The zero-order valence-electron chi connectivity index (χ0n) is 4.92. The number of amides is 1. The third-order valence-corrected chi connectivity index (χ3v) is 1.32. The minimum Gasteiger partial charge on any atom is -0.339 e. The minimum atomic E-state index is -5.06. The SMILES string of the molecule is NP(O)(=S)NC(=O)C(F)(F)F. The highest BCUT2D eigenvalue weighted by atomic mass is 32.4. The highest BCUT2D eigenvalue weighted by Crippen LogP contribution is 2.26. The van der Waals surface area contributed by atoms with Crippen molar-refractivity contribution < 1.29 is 22.9 Å². The molecule has 0 aromatic rings. The lowest BCUT2D eigenvalue weighted by molar-refractivity contribution is -0.171. The standard InChI is InChI=1S/C2H4F3N2O2PS/c3-2(4,5)1(8)7-10(6,9)11/h(H4,6,7,8,9,11). The molecule has 0 fully saturated rings. The van der Waals surface area contributed by atoms with Gasteiger partial charge in [0.15, 0.2) is 0 Å². The molecule has 0 aliphatic heterocycles. The molecule has 1 amide bonds. The van der Waals surface area contributed by atoms with Crippen molar-refractivity contribution in [3.8, 4) is 0 Å². The van der Waals surface area contributed by atoms with Crippen LogP contribution in [0.2, 0.25) is 0 Å². The van der Waals surface area contributed by atoms with Gasteiger partial charge in [0.25, 0.3) is 0 Å². The van der Waals surface area contributed by atoms with Crippen molar-refractivity contribution in [2.75, 3.05) is 0 Å². The van der Waals surface area contributed by atoms with Crippen molar-refractivity contribution in [1.29, 1.82) is 0 Å². The van der Waals surface area contributed by atoms with Gasteiger partial charge in [0.1, 0.15) is 0 Å². The molecular weight excluding hydrogens is 204 g/mol. The first-order valence-electron chi connectivity index (χ1n) is 2.14. The van der Waals surface area contributed by atoms with Crippen LogP contribution >= 0.6 is 6.57 Å². The molecule has 0 aliphatic rings. The van der Waals surface area contributed by atoms with E-state index in [0.717, 1.165) is 5.09 Å². The van der Waals surface area contributed by atoms with Gasteiger partial charge in [0.2, 0.25) is 6.57 Å². The molecule has 4 N–H and O–H groups in total. The maximum atomic E-state index is 11.4. The number of hydrogen-bond acceptors (Lipinski definition) is 2. The second-order valence-electron chi connectivity index (χ2n) is 1.56. The lowest BCUT2D eigenvalue weighted by atomic mass is 10.6. The van der Waals surface area contributed by atoms with Gasteiger partial charge >= 0.3 is 12.1 Å². The summed E-state index contributed by atoms with van der Waals surface area (Å²) in [5.41, 5.74) is 4.58. The molecule has 0 bridgehead atoms. The van der Waals surface area contributed by atoms with Crippen LogP contribution < -0.4 is 10.6 Å². The number of alkyl halides is 3. The van der Waals surface area contributed by atoms with E-state index in [4.69, 9.17) is 4.89 Å². The Kier molecular flexibility index (Phi) is 3.01. The van der Waals surface area contributed by atoms with E-state index in [0.29, 0.717) is 0 Å². The Morgan fingerprint density at radius 2 is 2.00 bits per heavy atom. The van der Waals surface area contributed by atoms with Crippen LogP contribution in [-0.4, -0.2) is 17.0 Å². The average molecular weight is 208 g/mol. The maximum absolute atomic E-state index is 11.4. The smallest absolute Gasteiger partial charge is 0.339 e. The van der Waals surface area contributed by atoms with E-state index in [1.165, 1.54) is 0 Å². The molecule has 0 saturated carbocycles. The van der Waals surface area contributed by atoms with Crippen LogP contribution in [-0.2, 0) is 16.6 Å². The minimum absolute atomic E-state index is 1.05. The van der Waals surface area contributed by atoms with Crippen LogP contribution in [0.4, 0.5) is 13.2 Å². The number of rotatable bonds is 1. The predicted octanol–water partition coefficient (Wildman–Crippen LogP) is -0.160.